The van der Waals surface area contributed by atoms with E-state index in [0.29, 0.717) is 6.54 Å². The van der Waals surface area contributed by atoms with Crippen LogP contribution < -0.4 is 5.32 Å². The van der Waals surface area contributed by atoms with Crippen LogP contribution in [-0.4, -0.2) is 40.1 Å². The summed E-state index contributed by atoms with van der Waals surface area (Å²) < 4.78 is 0. The monoisotopic (exact) mass is 243 g/mol. The molecule has 0 saturated carbocycles. The maximum Gasteiger partial charge on any atom is 0.325 e. The molecule has 16 heavy (non-hydrogen) atoms. The molecule has 1 aromatic rings. The highest BCUT2D eigenvalue weighted by Gasteiger charge is 2.17. The van der Waals surface area contributed by atoms with E-state index < -0.39 is 18.0 Å². The Labute approximate surface area is 96.9 Å². The first-order valence-corrected chi connectivity index (χ1v) is 5.56. The van der Waals surface area contributed by atoms with Gasteiger partial charge in [-0.25, -0.2) is 9.78 Å². The number of nitrogens with one attached hydrogen (secondary N) is 1. The molecule has 1 heterocycles. The van der Waals surface area contributed by atoms with Crippen molar-refractivity contribution >= 4 is 23.3 Å². The van der Waals surface area contributed by atoms with Crippen LogP contribution in [0.4, 0.5) is 4.79 Å². The first kappa shape index (κ1) is 12.4. The number of carboxylic acids is 1. The highest BCUT2D eigenvalue weighted by atomic mass is 32.1. The van der Waals surface area contributed by atoms with Gasteiger partial charge in [0.05, 0.1) is 17.7 Å². The summed E-state index contributed by atoms with van der Waals surface area (Å²) in [6.45, 7) is 1.78. The Kier molecular flexibility index (Phi) is 4.24. The zero-order valence-corrected chi connectivity index (χ0v) is 9.82. The lowest BCUT2D eigenvalue weighted by atomic mass is 10.3. The van der Waals surface area contributed by atoms with Crippen LogP contribution in [0.2, 0.25) is 0 Å². The lowest BCUT2D eigenvalue weighted by molar-refractivity contribution is -0.138. The minimum atomic E-state index is -1.06. The number of aliphatic carboxylic acids is 1. The molecule has 2 N–H and O–H groups in total. The van der Waals surface area contributed by atoms with Crippen LogP contribution >= 0.6 is 11.3 Å². The van der Waals surface area contributed by atoms with Gasteiger partial charge in [-0.2, -0.15) is 0 Å². The highest BCUT2D eigenvalue weighted by Crippen LogP contribution is 2.04. The molecule has 2 amide bonds. The minimum Gasteiger partial charge on any atom is -0.480 e. The predicted molar refractivity (Wildman–Crippen MR) is 59.2 cm³/mol. The molecular formula is C9H13N3O3S. The molecule has 1 atom stereocenters. The Morgan fingerprint density at radius 1 is 1.69 bits per heavy atom. The standard InChI is InChI=1S/C9H13N3O3S/c1-6(8(13)14)11-9(15)12(2)3-7-4-16-5-10-7/h4-6H,3H2,1-2H3,(H,11,15)(H,13,14)/t6-/m0/s1. The number of nitrogens with zero attached hydrogens (tertiary/aromatic N) is 2. The second-order valence-corrected chi connectivity index (χ2v) is 4.06. The fourth-order valence-corrected chi connectivity index (χ4v) is 1.54. The summed E-state index contributed by atoms with van der Waals surface area (Å²) in [5.41, 5.74) is 2.46. The van der Waals surface area contributed by atoms with E-state index in [0.717, 1.165) is 5.69 Å². The summed E-state index contributed by atoms with van der Waals surface area (Å²) in [7, 11) is 1.59. The number of aromatic nitrogens is 1. The van der Waals surface area contributed by atoms with Crippen molar-refractivity contribution in [2.45, 2.75) is 19.5 Å². The Balaban J connectivity index is 2.45. The average molecular weight is 243 g/mol. The lowest BCUT2D eigenvalue weighted by Gasteiger charge is -2.18. The smallest absolute Gasteiger partial charge is 0.325 e. The maximum atomic E-state index is 11.5. The van der Waals surface area contributed by atoms with Gasteiger partial charge in [-0.1, -0.05) is 0 Å². The van der Waals surface area contributed by atoms with Crippen LogP contribution in [0, 0.1) is 0 Å². The minimum absolute atomic E-state index is 0.363. The SMILES string of the molecule is C[C@H](NC(=O)N(C)Cc1cscn1)C(=O)O. The predicted octanol–water partition coefficient (Wildman–Crippen LogP) is 0.758. The summed E-state index contributed by atoms with van der Waals surface area (Å²) in [5.74, 6) is -1.06. The third-order valence-corrected chi connectivity index (χ3v) is 2.58. The molecule has 0 aliphatic heterocycles. The quantitative estimate of drug-likeness (QED) is 0.817. The fourth-order valence-electron chi connectivity index (χ4n) is 0.988. The van der Waals surface area contributed by atoms with E-state index in [9.17, 15) is 9.59 Å². The number of carboxylic acid groups (broad SMARTS) is 1. The second-order valence-electron chi connectivity index (χ2n) is 3.35. The van der Waals surface area contributed by atoms with Gasteiger partial charge < -0.3 is 15.3 Å². The molecule has 0 aliphatic carbocycles. The van der Waals surface area contributed by atoms with Gasteiger partial charge in [0.1, 0.15) is 6.04 Å². The second kappa shape index (κ2) is 5.45. The summed E-state index contributed by atoms with van der Waals surface area (Å²) in [6, 6.07) is -1.33. The zero-order valence-electron chi connectivity index (χ0n) is 9.01. The van der Waals surface area contributed by atoms with E-state index in [1.54, 1.807) is 12.6 Å². The van der Waals surface area contributed by atoms with E-state index in [4.69, 9.17) is 5.11 Å². The highest BCUT2D eigenvalue weighted by molar-refractivity contribution is 7.07. The number of carbonyl (C=O) groups is 2. The third-order valence-electron chi connectivity index (χ3n) is 1.94. The van der Waals surface area contributed by atoms with Crippen LogP contribution in [0.1, 0.15) is 12.6 Å². The molecule has 0 radical (unpaired) electrons. The van der Waals surface area contributed by atoms with E-state index in [1.165, 1.54) is 23.2 Å². The van der Waals surface area contributed by atoms with Crippen LogP contribution in [-0.2, 0) is 11.3 Å². The average Bonchev–Trinajstić information content (AvgIpc) is 2.69. The number of carbonyl (C=O) groups excluding carboxylic acids is 1. The molecule has 7 heteroatoms. The summed E-state index contributed by atoms with van der Waals surface area (Å²) in [5, 5.41) is 12.8. The molecular weight excluding hydrogens is 230 g/mol. The first-order valence-electron chi connectivity index (χ1n) is 4.62. The Morgan fingerprint density at radius 3 is 2.88 bits per heavy atom. The van der Waals surface area contributed by atoms with Gasteiger partial charge in [0.15, 0.2) is 0 Å². The van der Waals surface area contributed by atoms with Gasteiger partial charge in [-0.15, -0.1) is 11.3 Å². The van der Waals surface area contributed by atoms with Crippen molar-refractivity contribution < 1.29 is 14.7 Å². The third kappa shape index (κ3) is 3.50. The normalized spacial score (nSPS) is 11.9. The molecule has 0 aliphatic rings. The Bertz CT molecular complexity index is 366. The maximum absolute atomic E-state index is 11.5. The van der Waals surface area contributed by atoms with Gasteiger partial charge in [0.2, 0.25) is 0 Å². The topological polar surface area (TPSA) is 82.5 Å². The van der Waals surface area contributed by atoms with Crippen molar-refractivity contribution in [3.05, 3.63) is 16.6 Å². The number of urea groups is 1. The van der Waals surface area contributed by atoms with Gasteiger partial charge in [0.25, 0.3) is 0 Å². The molecule has 6 nitrogen and oxygen atoms in total. The van der Waals surface area contributed by atoms with Crippen molar-refractivity contribution in [1.82, 2.24) is 15.2 Å². The van der Waals surface area contributed by atoms with Gasteiger partial charge >= 0.3 is 12.0 Å². The number of thiazole rings is 1. The Morgan fingerprint density at radius 2 is 2.38 bits per heavy atom. The van der Waals surface area contributed by atoms with E-state index in [1.807, 2.05) is 5.38 Å². The molecule has 0 aromatic carbocycles. The van der Waals surface area contributed by atoms with Crippen molar-refractivity contribution in [1.29, 1.82) is 0 Å². The molecule has 0 bridgehead atoms. The number of amides is 2. The number of hydrogen-bond donors (Lipinski definition) is 2. The van der Waals surface area contributed by atoms with Crippen LogP contribution in [0.5, 0.6) is 0 Å². The first-order chi connectivity index (χ1) is 7.50. The number of hydrogen-bond acceptors (Lipinski definition) is 4. The van der Waals surface area contributed by atoms with E-state index in [2.05, 4.69) is 10.3 Å². The lowest BCUT2D eigenvalue weighted by Crippen LogP contribution is -2.44. The molecule has 0 fully saturated rings. The van der Waals surface area contributed by atoms with Crippen LogP contribution in [0.15, 0.2) is 10.9 Å². The summed E-state index contributed by atoms with van der Waals surface area (Å²) in [4.78, 5) is 27.5. The van der Waals surface area contributed by atoms with Crippen LogP contribution in [0.25, 0.3) is 0 Å². The molecule has 1 rings (SSSR count). The zero-order chi connectivity index (χ0) is 12.1. The van der Waals surface area contributed by atoms with Gasteiger partial charge in [-0.3, -0.25) is 4.79 Å². The largest absolute Gasteiger partial charge is 0.480 e. The molecule has 88 valence electrons. The van der Waals surface area contributed by atoms with Crippen molar-refractivity contribution in [3.63, 3.8) is 0 Å². The molecule has 0 unspecified atom stereocenters. The number of rotatable bonds is 4. The van der Waals surface area contributed by atoms with Crippen molar-refractivity contribution in [2.75, 3.05) is 7.05 Å². The van der Waals surface area contributed by atoms with E-state index in [-0.39, 0.29) is 0 Å². The van der Waals surface area contributed by atoms with Gasteiger partial charge in [-0.05, 0) is 6.92 Å². The summed E-state index contributed by atoms with van der Waals surface area (Å²) >= 11 is 1.45. The Hall–Kier alpha value is -1.63. The summed E-state index contributed by atoms with van der Waals surface area (Å²) in [6.07, 6.45) is 0. The van der Waals surface area contributed by atoms with E-state index >= 15 is 0 Å². The van der Waals surface area contributed by atoms with Crippen molar-refractivity contribution in [3.8, 4) is 0 Å². The molecule has 0 saturated heterocycles. The fraction of sp³-hybridized carbons (Fsp3) is 0.444. The molecule has 1 aromatic heterocycles. The van der Waals surface area contributed by atoms with Crippen molar-refractivity contribution in [2.24, 2.45) is 0 Å². The van der Waals surface area contributed by atoms with Gasteiger partial charge in [0, 0.05) is 12.4 Å². The van der Waals surface area contributed by atoms with Crippen LogP contribution in [0.3, 0.4) is 0 Å². The molecule has 0 spiro atoms.